The number of aryl methyl sites for hydroxylation is 3. The van der Waals surface area contributed by atoms with Gasteiger partial charge in [-0.25, -0.2) is 14.5 Å². The highest BCUT2D eigenvalue weighted by Crippen LogP contribution is 2.36. The van der Waals surface area contributed by atoms with Gasteiger partial charge in [0.25, 0.3) is 6.33 Å². The van der Waals surface area contributed by atoms with Crippen LogP contribution < -0.4 is 4.57 Å². The van der Waals surface area contributed by atoms with Crippen molar-refractivity contribution in [1.82, 2.24) is 15.0 Å². The summed E-state index contributed by atoms with van der Waals surface area (Å²) in [7, 11) is 2.08. The van der Waals surface area contributed by atoms with Crippen LogP contribution in [0, 0.1) is 26.7 Å². The molecule has 0 saturated heterocycles. The molecule has 148 valence electrons. The molecule has 1 aromatic carbocycles. The second-order valence-corrected chi connectivity index (χ2v) is 8.59. The Morgan fingerprint density at radius 2 is 1.76 bits per heavy atom. The summed E-state index contributed by atoms with van der Waals surface area (Å²) in [5, 5.41) is 0. The minimum absolute atomic E-state index is 0.553. The number of aromatic nitrogens is 4. The van der Waals surface area contributed by atoms with Crippen molar-refractivity contribution in [2.24, 2.45) is 13.0 Å². The van der Waals surface area contributed by atoms with E-state index in [9.17, 15) is 0 Å². The van der Waals surface area contributed by atoms with Gasteiger partial charge in [-0.15, -0.1) is 0 Å². The molecule has 0 unspecified atom stereocenters. The van der Waals surface area contributed by atoms with E-state index in [4.69, 9.17) is 4.98 Å². The summed E-state index contributed by atoms with van der Waals surface area (Å²) in [6, 6.07) is 4.54. The summed E-state index contributed by atoms with van der Waals surface area (Å²) >= 11 is 0. The molecule has 0 amide bonds. The molecule has 2 aromatic heterocycles. The van der Waals surface area contributed by atoms with Crippen molar-refractivity contribution < 1.29 is 4.57 Å². The van der Waals surface area contributed by atoms with Gasteiger partial charge in [0.2, 0.25) is 0 Å². The summed E-state index contributed by atoms with van der Waals surface area (Å²) in [6.45, 7) is 10.9. The summed E-state index contributed by atoms with van der Waals surface area (Å²) in [5.74, 6) is 1.46. The molecule has 4 rings (SSSR count). The highest BCUT2D eigenvalue weighted by molar-refractivity contribution is 5.85. The number of hydrogen-bond donors (Lipinski definition) is 0. The topological polar surface area (TPSA) is 42.5 Å². The third-order valence-corrected chi connectivity index (χ3v) is 5.72. The zero-order valence-corrected chi connectivity index (χ0v) is 18.2. The first-order chi connectivity index (χ1) is 13.8. The van der Waals surface area contributed by atoms with E-state index >= 15 is 0 Å². The summed E-state index contributed by atoms with van der Waals surface area (Å²) < 4.78 is 2.15. The summed E-state index contributed by atoms with van der Waals surface area (Å²) in [5.41, 5.74) is 11.0. The standard InChI is InChI=1S/C25H29N4/c1-15(2)9-23-26-12-19(13-27-23)20-7-8-21-24(20)28-14-29(6)25(21)22-11-16(3)10-17(4)18(22)5/h7,10-15H,8-9H2,1-6H3/q+1. The Balaban J connectivity index is 1.78. The number of hydrogen-bond acceptors (Lipinski definition) is 3. The monoisotopic (exact) mass is 385 g/mol. The van der Waals surface area contributed by atoms with Crippen LogP contribution in [0.3, 0.4) is 0 Å². The first kappa shape index (κ1) is 19.4. The number of benzene rings is 1. The molecule has 3 aromatic rings. The first-order valence-corrected chi connectivity index (χ1v) is 10.3. The maximum Gasteiger partial charge on any atom is 0.287 e. The van der Waals surface area contributed by atoms with E-state index in [2.05, 4.69) is 74.4 Å². The molecule has 2 heterocycles. The van der Waals surface area contributed by atoms with E-state index < -0.39 is 0 Å². The molecular weight excluding hydrogens is 356 g/mol. The Morgan fingerprint density at radius 3 is 2.45 bits per heavy atom. The Labute approximate surface area is 173 Å². The molecule has 1 aliphatic carbocycles. The van der Waals surface area contributed by atoms with Crippen LogP contribution in [0.2, 0.25) is 0 Å². The third kappa shape index (κ3) is 3.59. The van der Waals surface area contributed by atoms with Gasteiger partial charge in [-0.3, -0.25) is 0 Å². The van der Waals surface area contributed by atoms with Crippen molar-refractivity contribution in [1.29, 1.82) is 0 Å². The van der Waals surface area contributed by atoms with E-state index in [1.807, 2.05) is 18.7 Å². The second-order valence-electron chi connectivity index (χ2n) is 8.59. The minimum Gasteiger partial charge on any atom is -0.241 e. The van der Waals surface area contributed by atoms with E-state index in [0.717, 1.165) is 35.5 Å². The molecule has 4 nitrogen and oxygen atoms in total. The molecule has 0 N–H and O–H groups in total. The van der Waals surface area contributed by atoms with Crippen LogP contribution in [0.25, 0.3) is 16.8 Å². The van der Waals surface area contributed by atoms with E-state index in [1.165, 1.54) is 33.5 Å². The highest BCUT2D eigenvalue weighted by Gasteiger charge is 2.29. The van der Waals surface area contributed by atoms with Gasteiger partial charge in [0, 0.05) is 41.9 Å². The largest absolute Gasteiger partial charge is 0.287 e. The molecule has 0 aliphatic heterocycles. The van der Waals surface area contributed by atoms with Crippen molar-refractivity contribution in [3.8, 4) is 11.3 Å². The quantitative estimate of drug-likeness (QED) is 0.622. The molecule has 4 heteroatoms. The highest BCUT2D eigenvalue weighted by atomic mass is 15.0. The SMILES string of the molecule is Cc1cc(C)c(C)c(-c2c3c(nc[n+]2C)C(c2cnc(CC(C)C)nc2)=CC3)c1. The lowest BCUT2D eigenvalue weighted by atomic mass is 9.94. The van der Waals surface area contributed by atoms with E-state index in [0.29, 0.717) is 5.92 Å². The smallest absolute Gasteiger partial charge is 0.241 e. The predicted molar refractivity (Wildman–Crippen MR) is 116 cm³/mol. The maximum atomic E-state index is 4.79. The van der Waals surface area contributed by atoms with Crippen LogP contribution >= 0.6 is 0 Å². The van der Waals surface area contributed by atoms with Gasteiger partial charge in [0.1, 0.15) is 11.5 Å². The molecule has 0 atom stereocenters. The number of allylic oxidation sites excluding steroid dienone is 1. The van der Waals surface area contributed by atoms with Gasteiger partial charge in [0.05, 0.1) is 12.6 Å². The van der Waals surface area contributed by atoms with Gasteiger partial charge < -0.3 is 0 Å². The van der Waals surface area contributed by atoms with Crippen LogP contribution in [0.15, 0.2) is 36.9 Å². The van der Waals surface area contributed by atoms with Gasteiger partial charge >= 0.3 is 0 Å². The fourth-order valence-corrected chi connectivity index (χ4v) is 4.19. The second kappa shape index (κ2) is 7.51. The van der Waals surface area contributed by atoms with Crippen LogP contribution in [-0.2, 0) is 19.9 Å². The van der Waals surface area contributed by atoms with Gasteiger partial charge in [-0.2, -0.15) is 0 Å². The Kier molecular flexibility index (Phi) is 5.03. The average molecular weight is 386 g/mol. The molecular formula is C25H29N4+. The van der Waals surface area contributed by atoms with Crippen molar-refractivity contribution in [3.05, 3.63) is 76.3 Å². The van der Waals surface area contributed by atoms with Gasteiger partial charge in [-0.1, -0.05) is 31.6 Å². The Hall–Kier alpha value is -2.88. The lowest BCUT2D eigenvalue weighted by Gasteiger charge is -2.13. The van der Waals surface area contributed by atoms with Crippen LogP contribution in [0.4, 0.5) is 0 Å². The molecule has 0 saturated carbocycles. The zero-order valence-electron chi connectivity index (χ0n) is 18.2. The van der Waals surface area contributed by atoms with Gasteiger partial charge in [0.15, 0.2) is 5.69 Å². The fraction of sp³-hybridized carbons (Fsp3) is 0.360. The van der Waals surface area contributed by atoms with Crippen LogP contribution in [0.1, 0.15) is 53.2 Å². The predicted octanol–water partition coefficient (Wildman–Crippen LogP) is 4.47. The average Bonchev–Trinajstić information content (AvgIpc) is 3.09. The molecule has 0 spiro atoms. The lowest BCUT2D eigenvalue weighted by Crippen LogP contribution is -2.33. The van der Waals surface area contributed by atoms with E-state index in [-0.39, 0.29) is 0 Å². The molecule has 29 heavy (non-hydrogen) atoms. The van der Waals surface area contributed by atoms with Crippen molar-refractivity contribution in [2.45, 2.75) is 47.5 Å². The fourth-order valence-electron chi connectivity index (χ4n) is 4.19. The summed E-state index contributed by atoms with van der Waals surface area (Å²) in [4.78, 5) is 14.0. The number of nitrogens with zero attached hydrogens (tertiary/aromatic N) is 4. The molecule has 0 bridgehead atoms. The molecule has 0 fully saturated rings. The first-order valence-electron chi connectivity index (χ1n) is 10.3. The van der Waals surface area contributed by atoms with Crippen molar-refractivity contribution >= 4 is 5.57 Å². The van der Waals surface area contributed by atoms with E-state index in [1.54, 1.807) is 0 Å². The molecule has 0 radical (unpaired) electrons. The number of fused-ring (bicyclic) bond motifs is 1. The zero-order chi connectivity index (χ0) is 20.7. The Bertz CT molecular complexity index is 1110. The minimum atomic E-state index is 0.553. The van der Waals surface area contributed by atoms with Crippen LogP contribution in [-0.4, -0.2) is 15.0 Å². The van der Waals surface area contributed by atoms with Crippen molar-refractivity contribution in [3.63, 3.8) is 0 Å². The summed E-state index contributed by atoms with van der Waals surface area (Å²) in [6.07, 6.45) is 9.87. The Morgan fingerprint density at radius 1 is 1.03 bits per heavy atom. The van der Waals surface area contributed by atoms with Crippen molar-refractivity contribution in [2.75, 3.05) is 0 Å². The maximum absolute atomic E-state index is 4.79. The van der Waals surface area contributed by atoms with Gasteiger partial charge in [-0.05, 0) is 48.9 Å². The number of rotatable bonds is 4. The third-order valence-electron chi connectivity index (χ3n) is 5.72. The lowest BCUT2D eigenvalue weighted by molar-refractivity contribution is -0.663. The normalized spacial score (nSPS) is 13.0. The van der Waals surface area contributed by atoms with Crippen LogP contribution in [0.5, 0.6) is 0 Å². The molecule has 1 aliphatic rings.